The average molecular weight is 180 g/mol. The molecule has 0 amide bonds. The maximum absolute atomic E-state index is 5.66. The number of nitrogens with two attached hydrogens (primary N) is 1. The Morgan fingerprint density at radius 3 is 2.77 bits per heavy atom. The Kier molecular flexibility index (Phi) is 1.96. The number of hydrogen-bond donors (Lipinski definition) is 1. The van der Waals surface area contributed by atoms with Crippen molar-refractivity contribution in [1.29, 1.82) is 0 Å². The number of rotatable bonds is 3. The van der Waals surface area contributed by atoms with Gasteiger partial charge in [-0.1, -0.05) is 0 Å². The van der Waals surface area contributed by atoms with Crippen LogP contribution in [0.2, 0.25) is 0 Å². The van der Waals surface area contributed by atoms with Crippen LogP contribution in [0.25, 0.3) is 0 Å². The van der Waals surface area contributed by atoms with Gasteiger partial charge in [0.15, 0.2) is 11.6 Å². The van der Waals surface area contributed by atoms with E-state index in [1.165, 1.54) is 0 Å². The fraction of sp³-hybridized carbons (Fsp3) is 0.444. The van der Waals surface area contributed by atoms with Crippen LogP contribution < -0.4 is 15.2 Å². The molecule has 1 aromatic rings. The van der Waals surface area contributed by atoms with Crippen LogP contribution in [0.4, 0.5) is 5.82 Å². The lowest BCUT2D eigenvalue weighted by atomic mass is 10.4. The molecule has 4 heteroatoms. The summed E-state index contributed by atoms with van der Waals surface area (Å²) in [5.41, 5.74) is 5.66. The minimum absolute atomic E-state index is 0.345. The molecule has 1 aromatic heterocycles. The van der Waals surface area contributed by atoms with Crippen molar-refractivity contribution in [3.8, 4) is 11.6 Å². The van der Waals surface area contributed by atoms with Crippen molar-refractivity contribution in [3.05, 3.63) is 12.1 Å². The van der Waals surface area contributed by atoms with Crippen LogP contribution >= 0.6 is 0 Å². The summed E-state index contributed by atoms with van der Waals surface area (Å²) in [7, 11) is 1.56. The van der Waals surface area contributed by atoms with Gasteiger partial charge >= 0.3 is 0 Å². The van der Waals surface area contributed by atoms with Crippen molar-refractivity contribution in [2.24, 2.45) is 0 Å². The largest absolute Gasteiger partial charge is 0.487 e. The molecule has 4 nitrogen and oxygen atoms in total. The van der Waals surface area contributed by atoms with E-state index >= 15 is 0 Å². The molecule has 1 heterocycles. The number of methoxy groups -OCH3 is 1. The fourth-order valence-corrected chi connectivity index (χ4v) is 1.02. The van der Waals surface area contributed by atoms with Crippen LogP contribution in [0.5, 0.6) is 11.6 Å². The number of anilines is 1. The Morgan fingerprint density at radius 1 is 1.46 bits per heavy atom. The zero-order valence-corrected chi connectivity index (χ0v) is 7.49. The lowest BCUT2D eigenvalue weighted by molar-refractivity contribution is 0.302. The lowest BCUT2D eigenvalue weighted by Gasteiger charge is -2.07. The molecular weight excluding hydrogens is 168 g/mol. The second kappa shape index (κ2) is 3.12. The predicted molar refractivity (Wildman–Crippen MR) is 48.9 cm³/mol. The molecule has 70 valence electrons. The summed E-state index contributed by atoms with van der Waals surface area (Å²) in [5, 5.41) is 0. The first-order valence-electron chi connectivity index (χ1n) is 4.27. The van der Waals surface area contributed by atoms with E-state index in [-0.39, 0.29) is 0 Å². The van der Waals surface area contributed by atoms with Gasteiger partial charge in [-0.15, -0.1) is 0 Å². The number of ether oxygens (including phenoxy) is 2. The zero-order chi connectivity index (χ0) is 9.26. The summed E-state index contributed by atoms with van der Waals surface area (Å²) in [4.78, 5) is 4.00. The van der Waals surface area contributed by atoms with Crippen molar-refractivity contribution < 1.29 is 9.47 Å². The quantitative estimate of drug-likeness (QED) is 0.759. The summed E-state index contributed by atoms with van der Waals surface area (Å²) in [6.07, 6.45) is 2.58. The Labute approximate surface area is 76.7 Å². The van der Waals surface area contributed by atoms with Crippen molar-refractivity contribution in [2.45, 2.75) is 18.9 Å². The van der Waals surface area contributed by atoms with E-state index in [4.69, 9.17) is 15.2 Å². The second-order valence-electron chi connectivity index (χ2n) is 3.05. The fourth-order valence-electron chi connectivity index (χ4n) is 1.02. The Morgan fingerprint density at radius 2 is 2.23 bits per heavy atom. The van der Waals surface area contributed by atoms with E-state index in [9.17, 15) is 0 Å². The van der Waals surface area contributed by atoms with E-state index in [0.717, 1.165) is 12.8 Å². The van der Waals surface area contributed by atoms with Crippen LogP contribution in [0, 0.1) is 0 Å². The normalized spacial score (nSPS) is 15.5. The highest BCUT2D eigenvalue weighted by molar-refractivity contribution is 5.47. The molecule has 1 aliphatic rings. The molecule has 13 heavy (non-hydrogen) atoms. The monoisotopic (exact) mass is 180 g/mol. The molecule has 0 bridgehead atoms. The molecule has 0 unspecified atom stereocenters. The highest BCUT2D eigenvalue weighted by Gasteiger charge is 2.24. The van der Waals surface area contributed by atoms with Gasteiger partial charge < -0.3 is 15.2 Å². The van der Waals surface area contributed by atoms with Crippen LogP contribution in [0.15, 0.2) is 12.1 Å². The van der Waals surface area contributed by atoms with Gasteiger partial charge in [0, 0.05) is 6.07 Å². The van der Waals surface area contributed by atoms with Crippen molar-refractivity contribution in [1.82, 2.24) is 4.98 Å². The number of hydrogen-bond acceptors (Lipinski definition) is 4. The highest BCUT2D eigenvalue weighted by atomic mass is 16.5. The lowest BCUT2D eigenvalue weighted by Crippen LogP contribution is -2.02. The van der Waals surface area contributed by atoms with E-state index < -0.39 is 0 Å². The van der Waals surface area contributed by atoms with Gasteiger partial charge in [0.2, 0.25) is 5.88 Å². The summed E-state index contributed by atoms with van der Waals surface area (Å²) in [6, 6.07) is 3.54. The first kappa shape index (κ1) is 8.16. The third-order valence-corrected chi connectivity index (χ3v) is 1.89. The summed E-state index contributed by atoms with van der Waals surface area (Å²) < 4.78 is 10.4. The van der Waals surface area contributed by atoms with Gasteiger partial charge in [-0.3, -0.25) is 0 Å². The third-order valence-electron chi connectivity index (χ3n) is 1.89. The van der Waals surface area contributed by atoms with Crippen molar-refractivity contribution in [2.75, 3.05) is 12.8 Å². The molecule has 2 N–H and O–H groups in total. The van der Waals surface area contributed by atoms with Gasteiger partial charge in [-0.05, 0) is 18.9 Å². The Hall–Kier alpha value is -1.45. The molecule has 0 radical (unpaired) electrons. The highest BCUT2D eigenvalue weighted by Crippen LogP contribution is 2.30. The smallest absolute Gasteiger partial charge is 0.215 e. The molecular formula is C9H12N2O2. The summed E-state index contributed by atoms with van der Waals surface area (Å²) in [5.74, 6) is 1.56. The van der Waals surface area contributed by atoms with Gasteiger partial charge in [0.05, 0.1) is 13.2 Å². The van der Waals surface area contributed by atoms with E-state index in [0.29, 0.717) is 23.6 Å². The van der Waals surface area contributed by atoms with Crippen LogP contribution in [0.1, 0.15) is 12.8 Å². The van der Waals surface area contributed by atoms with Crippen LogP contribution in [-0.2, 0) is 0 Å². The number of aromatic nitrogens is 1. The summed E-state index contributed by atoms with van der Waals surface area (Å²) >= 11 is 0. The van der Waals surface area contributed by atoms with Crippen molar-refractivity contribution >= 4 is 5.82 Å². The van der Waals surface area contributed by atoms with E-state index in [1.54, 1.807) is 19.2 Å². The van der Waals surface area contributed by atoms with Crippen molar-refractivity contribution in [3.63, 3.8) is 0 Å². The average Bonchev–Trinajstić information content (AvgIpc) is 2.92. The topological polar surface area (TPSA) is 57.4 Å². The predicted octanol–water partition coefficient (Wildman–Crippen LogP) is 1.21. The van der Waals surface area contributed by atoms with Gasteiger partial charge in [-0.25, -0.2) is 0 Å². The molecule has 0 saturated heterocycles. The number of nitrogens with zero attached hydrogens (tertiary/aromatic N) is 1. The first-order chi connectivity index (χ1) is 6.29. The summed E-state index contributed by atoms with van der Waals surface area (Å²) in [6.45, 7) is 0. The molecule has 0 aromatic carbocycles. The molecule has 1 aliphatic carbocycles. The number of nitrogen functional groups attached to an aromatic ring is 1. The molecule has 2 rings (SSSR count). The van der Waals surface area contributed by atoms with E-state index in [1.807, 2.05) is 0 Å². The van der Waals surface area contributed by atoms with Gasteiger partial charge in [0.1, 0.15) is 0 Å². The Bertz CT molecular complexity index is 310. The van der Waals surface area contributed by atoms with Gasteiger partial charge in [0.25, 0.3) is 0 Å². The molecule has 1 fully saturated rings. The Balaban J connectivity index is 2.15. The maximum atomic E-state index is 5.66. The number of pyridine rings is 1. The maximum Gasteiger partial charge on any atom is 0.215 e. The second-order valence-corrected chi connectivity index (χ2v) is 3.05. The third kappa shape index (κ3) is 1.83. The SMILES string of the molecule is COc1ccc(OC2CC2)c(N)n1. The standard InChI is InChI=1S/C9H12N2O2/c1-12-8-5-4-7(9(10)11-8)13-6-2-3-6/h4-6H,2-3H2,1H3,(H2,10,11). The zero-order valence-electron chi connectivity index (χ0n) is 7.49. The molecule has 0 atom stereocenters. The molecule has 0 spiro atoms. The van der Waals surface area contributed by atoms with Gasteiger partial charge in [-0.2, -0.15) is 4.98 Å². The molecule has 0 aliphatic heterocycles. The minimum atomic E-state index is 0.345. The minimum Gasteiger partial charge on any atom is -0.487 e. The van der Waals surface area contributed by atoms with Crippen LogP contribution in [0.3, 0.4) is 0 Å². The van der Waals surface area contributed by atoms with Crippen LogP contribution in [-0.4, -0.2) is 18.2 Å². The molecule has 1 saturated carbocycles. The first-order valence-corrected chi connectivity index (χ1v) is 4.27. The van der Waals surface area contributed by atoms with E-state index in [2.05, 4.69) is 4.98 Å².